The minimum Gasteiger partial charge on any atom is -0.267 e. The van der Waals surface area contributed by atoms with Crippen molar-refractivity contribution in [3.05, 3.63) is 33.8 Å². The molecule has 0 bridgehead atoms. The van der Waals surface area contributed by atoms with E-state index < -0.39 is 0 Å². The van der Waals surface area contributed by atoms with E-state index in [0.29, 0.717) is 0 Å². The molecule has 2 aromatic heterocycles. The molecule has 5 heteroatoms. The predicted molar refractivity (Wildman–Crippen MR) is 66.4 cm³/mol. The molecule has 0 aromatic carbocycles. The highest BCUT2D eigenvalue weighted by atomic mass is 79.9. The number of aryl methyl sites for hydroxylation is 3. The van der Waals surface area contributed by atoms with Crippen molar-refractivity contribution < 1.29 is 0 Å². The Balaban J connectivity index is 2.33. The second-order valence-corrected chi connectivity index (χ2v) is 4.67. The lowest BCUT2D eigenvalue weighted by Crippen LogP contribution is -2.08. The fourth-order valence-corrected chi connectivity index (χ4v) is 2.14. The molecule has 4 nitrogen and oxygen atoms in total. The van der Waals surface area contributed by atoms with Crippen LogP contribution in [0.4, 0.5) is 0 Å². The Morgan fingerprint density at radius 2 is 2.12 bits per heavy atom. The first kappa shape index (κ1) is 11.4. The van der Waals surface area contributed by atoms with Gasteiger partial charge < -0.3 is 0 Å². The Morgan fingerprint density at radius 1 is 1.38 bits per heavy atom. The molecule has 0 N–H and O–H groups in total. The van der Waals surface area contributed by atoms with E-state index >= 15 is 0 Å². The van der Waals surface area contributed by atoms with E-state index in [4.69, 9.17) is 0 Å². The van der Waals surface area contributed by atoms with Gasteiger partial charge in [-0.1, -0.05) is 0 Å². The topological polar surface area (TPSA) is 35.6 Å². The maximum absolute atomic E-state index is 4.46. The summed E-state index contributed by atoms with van der Waals surface area (Å²) in [5, 5.41) is 8.75. The highest BCUT2D eigenvalue weighted by Crippen LogP contribution is 2.21. The van der Waals surface area contributed by atoms with Gasteiger partial charge in [0.2, 0.25) is 0 Å². The molecule has 16 heavy (non-hydrogen) atoms. The standard InChI is InChI=1S/C11H15BrN4/c1-4-16-10(11(12)9(3)14-16)7-15-6-8(2)5-13-15/h5-6H,4,7H2,1-3H3. The third-order valence-corrected chi connectivity index (χ3v) is 3.56. The molecule has 0 aliphatic carbocycles. The lowest BCUT2D eigenvalue weighted by atomic mass is 10.3. The zero-order valence-corrected chi connectivity index (χ0v) is 11.3. The molecule has 0 radical (unpaired) electrons. The van der Waals surface area contributed by atoms with E-state index in [9.17, 15) is 0 Å². The van der Waals surface area contributed by atoms with Crippen LogP contribution in [0.1, 0.15) is 23.9 Å². The van der Waals surface area contributed by atoms with Gasteiger partial charge in [-0.15, -0.1) is 0 Å². The van der Waals surface area contributed by atoms with Gasteiger partial charge in [0.05, 0.1) is 28.6 Å². The number of hydrogen-bond donors (Lipinski definition) is 0. The SMILES string of the molecule is CCn1nc(C)c(Br)c1Cn1cc(C)cn1. The van der Waals surface area contributed by atoms with Crippen LogP contribution in [0.3, 0.4) is 0 Å². The van der Waals surface area contributed by atoms with Crippen LogP contribution in [0.25, 0.3) is 0 Å². The predicted octanol–water partition coefficient (Wildman–Crippen LogP) is 2.53. The van der Waals surface area contributed by atoms with Gasteiger partial charge in [0.15, 0.2) is 0 Å². The summed E-state index contributed by atoms with van der Waals surface area (Å²) in [5.74, 6) is 0. The second kappa shape index (κ2) is 4.41. The van der Waals surface area contributed by atoms with Crippen LogP contribution < -0.4 is 0 Å². The van der Waals surface area contributed by atoms with Crippen molar-refractivity contribution >= 4 is 15.9 Å². The monoisotopic (exact) mass is 282 g/mol. The molecular weight excluding hydrogens is 268 g/mol. The van der Waals surface area contributed by atoms with Gasteiger partial charge in [-0.25, -0.2) is 0 Å². The highest BCUT2D eigenvalue weighted by Gasteiger charge is 2.12. The summed E-state index contributed by atoms with van der Waals surface area (Å²) in [6.07, 6.45) is 3.90. The molecule has 2 rings (SSSR count). The molecule has 0 unspecified atom stereocenters. The average Bonchev–Trinajstić information content (AvgIpc) is 2.77. The van der Waals surface area contributed by atoms with Gasteiger partial charge in [-0.3, -0.25) is 9.36 Å². The van der Waals surface area contributed by atoms with Crippen molar-refractivity contribution in [1.82, 2.24) is 19.6 Å². The molecule has 0 saturated heterocycles. The minimum atomic E-state index is 0.753. The Bertz CT molecular complexity index is 498. The van der Waals surface area contributed by atoms with Gasteiger partial charge in [0.25, 0.3) is 0 Å². The summed E-state index contributed by atoms with van der Waals surface area (Å²) in [6, 6.07) is 0. The molecule has 0 amide bonds. The van der Waals surface area contributed by atoms with Crippen LogP contribution in [0.2, 0.25) is 0 Å². The summed E-state index contributed by atoms with van der Waals surface area (Å²) >= 11 is 3.58. The van der Waals surface area contributed by atoms with Crippen molar-refractivity contribution in [3.63, 3.8) is 0 Å². The van der Waals surface area contributed by atoms with Crippen molar-refractivity contribution in [3.8, 4) is 0 Å². The highest BCUT2D eigenvalue weighted by molar-refractivity contribution is 9.10. The van der Waals surface area contributed by atoms with E-state index in [1.807, 2.05) is 35.6 Å². The summed E-state index contributed by atoms with van der Waals surface area (Å²) in [7, 11) is 0. The van der Waals surface area contributed by atoms with Crippen LogP contribution in [0.5, 0.6) is 0 Å². The molecule has 2 heterocycles. The molecule has 0 spiro atoms. The summed E-state index contributed by atoms with van der Waals surface area (Å²) < 4.78 is 5.03. The zero-order valence-electron chi connectivity index (χ0n) is 9.74. The molecule has 2 aromatic rings. The molecule has 0 fully saturated rings. The molecule has 86 valence electrons. The van der Waals surface area contributed by atoms with E-state index in [1.165, 1.54) is 11.3 Å². The Kier molecular flexibility index (Phi) is 3.14. The van der Waals surface area contributed by atoms with Gasteiger partial charge in [0, 0.05) is 12.7 Å². The quantitative estimate of drug-likeness (QED) is 0.867. The van der Waals surface area contributed by atoms with Crippen LogP contribution in [-0.2, 0) is 13.1 Å². The number of aromatic nitrogens is 4. The first-order valence-electron chi connectivity index (χ1n) is 5.32. The summed E-state index contributed by atoms with van der Waals surface area (Å²) in [5.41, 5.74) is 3.37. The minimum absolute atomic E-state index is 0.753. The summed E-state index contributed by atoms with van der Waals surface area (Å²) in [4.78, 5) is 0. The van der Waals surface area contributed by atoms with E-state index in [0.717, 1.165) is 23.3 Å². The van der Waals surface area contributed by atoms with Crippen molar-refractivity contribution in [1.29, 1.82) is 0 Å². The molecule has 0 atom stereocenters. The van der Waals surface area contributed by atoms with E-state index in [-0.39, 0.29) is 0 Å². The van der Waals surface area contributed by atoms with Gasteiger partial charge in [0.1, 0.15) is 0 Å². The number of rotatable bonds is 3. The van der Waals surface area contributed by atoms with Gasteiger partial charge in [-0.2, -0.15) is 10.2 Å². The smallest absolute Gasteiger partial charge is 0.0839 e. The fourth-order valence-electron chi connectivity index (χ4n) is 1.73. The number of hydrogen-bond acceptors (Lipinski definition) is 2. The van der Waals surface area contributed by atoms with Crippen LogP contribution >= 0.6 is 15.9 Å². The van der Waals surface area contributed by atoms with Crippen molar-refractivity contribution in [2.24, 2.45) is 0 Å². The first-order chi connectivity index (χ1) is 7.61. The van der Waals surface area contributed by atoms with Crippen molar-refractivity contribution in [2.75, 3.05) is 0 Å². The first-order valence-corrected chi connectivity index (χ1v) is 6.12. The molecule has 0 saturated carbocycles. The molecule has 0 aliphatic rings. The Labute approximate surface area is 103 Å². The fraction of sp³-hybridized carbons (Fsp3) is 0.455. The van der Waals surface area contributed by atoms with Gasteiger partial charge in [-0.05, 0) is 42.3 Å². The Hall–Kier alpha value is -1.10. The van der Waals surface area contributed by atoms with Crippen LogP contribution in [0, 0.1) is 13.8 Å². The summed E-state index contributed by atoms with van der Waals surface area (Å²) in [6.45, 7) is 7.77. The Morgan fingerprint density at radius 3 is 2.69 bits per heavy atom. The lowest BCUT2D eigenvalue weighted by molar-refractivity contribution is 0.574. The van der Waals surface area contributed by atoms with Gasteiger partial charge >= 0.3 is 0 Å². The largest absolute Gasteiger partial charge is 0.267 e. The van der Waals surface area contributed by atoms with Crippen molar-refractivity contribution in [2.45, 2.75) is 33.9 Å². The average molecular weight is 283 g/mol. The maximum atomic E-state index is 4.46. The lowest BCUT2D eigenvalue weighted by Gasteiger charge is -2.05. The van der Waals surface area contributed by atoms with E-state index in [1.54, 1.807) is 0 Å². The normalized spacial score (nSPS) is 11.0. The van der Waals surface area contributed by atoms with Crippen LogP contribution in [-0.4, -0.2) is 19.6 Å². The third kappa shape index (κ3) is 2.04. The number of halogens is 1. The van der Waals surface area contributed by atoms with Crippen LogP contribution in [0.15, 0.2) is 16.9 Å². The number of nitrogens with zero attached hydrogens (tertiary/aromatic N) is 4. The van der Waals surface area contributed by atoms with E-state index in [2.05, 4.69) is 33.1 Å². The molecule has 0 aliphatic heterocycles. The maximum Gasteiger partial charge on any atom is 0.0839 e. The second-order valence-electron chi connectivity index (χ2n) is 3.88. The molecular formula is C11H15BrN4. The zero-order chi connectivity index (χ0) is 11.7. The third-order valence-electron chi connectivity index (χ3n) is 2.53.